The number of esters is 1. The van der Waals surface area contributed by atoms with Gasteiger partial charge < -0.3 is 10.1 Å². The lowest BCUT2D eigenvalue weighted by atomic mass is 9.95. The van der Waals surface area contributed by atoms with Crippen molar-refractivity contribution in [1.29, 1.82) is 0 Å². The number of aliphatic imine (C=N–C) groups is 1. The van der Waals surface area contributed by atoms with Gasteiger partial charge >= 0.3 is 23.6 Å². The molecule has 13 heteroatoms. The van der Waals surface area contributed by atoms with Crippen molar-refractivity contribution in [2.75, 3.05) is 19.6 Å². The van der Waals surface area contributed by atoms with E-state index in [0.717, 1.165) is 17.8 Å². The van der Waals surface area contributed by atoms with Crippen molar-refractivity contribution in [2.45, 2.75) is 58.1 Å². The SMILES string of the molecule is CC(C)(C)OC(=O)CNC1=NC(=O)S/C1=C\C1CCN(Cc2ccc(C(F)(F)F)cc2C(F)(F)F)CC1. The van der Waals surface area contributed by atoms with Crippen LogP contribution in [0.1, 0.15) is 50.3 Å². The number of ether oxygens (including phenoxy) is 1. The molecule has 37 heavy (non-hydrogen) atoms. The number of piperidine rings is 1. The average Bonchev–Trinajstić information content (AvgIpc) is 3.10. The molecule has 0 unspecified atom stereocenters. The quantitative estimate of drug-likeness (QED) is 0.357. The molecule has 2 heterocycles. The minimum absolute atomic E-state index is 0.00729. The van der Waals surface area contributed by atoms with Gasteiger partial charge in [0, 0.05) is 6.54 Å². The van der Waals surface area contributed by atoms with E-state index in [-0.39, 0.29) is 36.5 Å². The van der Waals surface area contributed by atoms with Gasteiger partial charge in [-0.1, -0.05) is 12.1 Å². The maximum Gasteiger partial charge on any atom is 0.416 e. The molecule has 0 aromatic heterocycles. The molecular formula is C24H27F6N3O3S. The van der Waals surface area contributed by atoms with Gasteiger partial charge in [0.2, 0.25) is 0 Å². The van der Waals surface area contributed by atoms with Crippen molar-refractivity contribution in [3.05, 3.63) is 45.9 Å². The normalized spacial score (nSPS) is 19.3. The fourth-order valence-electron chi connectivity index (χ4n) is 3.97. The van der Waals surface area contributed by atoms with E-state index in [1.165, 1.54) is 0 Å². The maximum absolute atomic E-state index is 13.5. The molecule has 3 rings (SSSR count). The number of alkyl halides is 6. The maximum atomic E-state index is 13.5. The summed E-state index contributed by atoms with van der Waals surface area (Å²) < 4.78 is 84.3. The molecule has 2 aliphatic heterocycles. The standard InChI is InChI=1S/C24H27F6N3O3S/c1-22(2,3)36-19(34)12-31-20-18(37-21(35)32-20)10-14-6-8-33(9-7-14)13-15-4-5-16(23(25,26)27)11-17(15)24(28,29)30/h4-5,10-11,14H,6-9,12-13H2,1-3H3,(H,31,32,35)/b18-10-. The molecule has 0 radical (unpaired) electrons. The molecule has 204 valence electrons. The van der Waals surface area contributed by atoms with Gasteiger partial charge in [-0.3, -0.25) is 14.5 Å². The van der Waals surface area contributed by atoms with Crippen LogP contribution >= 0.6 is 11.8 Å². The van der Waals surface area contributed by atoms with E-state index in [2.05, 4.69) is 10.3 Å². The predicted molar refractivity (Wildman–Crippen MR) is 127 cm³/mol. The lowest BCUT2D eigenvalue weighted by Gasteiger charge is -2.31. The Balaban J connectivity index is 1.61. The molecule has 0 bridgehead atoms. The van der Waals surface area contributed by atoms with E-state index in [9.17, 15) is 35.9 Å². The molecule has 1 fully saturated rings. The smallest absolute Gasteiger partial charge is 0.416 e. The number of rotatable bonds is 5. The number of amides is 1. The zero-order chi connectivity index (χ0) is 27.6. The third-order valence-corrected chi connectivity index (χ3v) is 6.43. The lowest BCUT2D eigenvalue weighted by Crippen LogP contribution is -2.35. The van der Waals surface area contributed by atoms with Gasteiger partial charge in [0.1, 0.15) is 18.0 Å². The summed E-state index contributed by atoms with van der Waals surface area (Å²) in [6, 6.07) is 1.72. The zero-order valence-corrected chi connectivity index (χ0v) is 21.2. The summed E-state index contributed by atoms with van der Waals surface area (Å²) in [6.45, 7) is 5.73. The van der Waals surface area contributed by atoms with E-state index < -0.39 is 40.3 Å². The highest BCUT2D eigenvalue weighted by Gasteiger charge is 2.38. The highest BCUT2D eigenvalue weighted by atomic mass is 32.2. The first-order chi connectivity index (χ1) is 17.0. The fraction of sp³-hybridized carbons (Fsp3) is 0.542. The molecule has 0 saturated carbocycles. The minimum Gasteiger partial charge on any atom is -0.459 e. The topological polar surface area (TPSA) is 71.0 Å². The van der Waals surface area contributed by atoms with Crippen LogP contribution in [-0.4, -0.2) is 47.2 Å². The van der Waals surface area contributed by atoms with Crippen LogP contribution in [0.3, 0.4) is 0 Å². The minimum atomic E-state index is -4.91. The molecular weight excluding hydrogens is 524 g/mol. The van der Waals surface area contributed by atoms with Crippen LogP contribution in [-0.2, 0) is 28.4 Å². The number of carbonyl (C=O) groups is 2. The van der Waals surface area contributed by atoms with Crippen molar-refractivity contribution in [3.8, 4) is 0 Å². The number of allylic oxidation sites excluding steroid dienone is 1. The average molecular weight is 552 g/mol. The number of likely N-dealkylation sites (tertiary alicyclic amines) is 1. The summed E-state index contributed by atoms with van der Waals surface area (Å²) in [5.41, 5.74) is -3.50. The van der Waals surface area contributed by atoms with Crippen LogP contribution in [0.25, 0.3) is 0 Å². The summed E-state index contributed by atoms with van der Waals surface area (Å²) >= 11 is 0.917. The number of amidine groups is 1. The molecule has 1 aromatic rings. The number of nitrogens with zero attached hydrogens (tertiary/aromatic N) is 2. The number of thioether (sulfide) groups is 1. The molecule has 0 atom stereocenters. The first kappa shape index (κ1) is 29.0. The largest absolute Gasteiger partial charge is 0.459 e. The zero-order valence-electron chi connectivity index (χ0n) is 20.4. The number of carbonyl (C=O) groups excluding carboxylic acids is 2. The number of halogens is 6. The van der Waals surface area contributed by atoms with Gasteiger partial charge in [-0.2, -0.15) is 31.3 Å². The van der Waals surface area contributed by atoms with Crippen LogP contribution in [0.15, 0.2) is 34.2 Å². The molecule has 0 spiro atoms. The molecule has 1 amide bonds. The summed E-state index contributed by atoms with van der Waals surface area (Å²) in [6.07, 6.45) is -6.78. The Hall–Kier alpha value is -2.54. The van der Waals surface area contributed by atoms with Crippen molar-refractivity contribution in [1.82, 2.24) is 10.2 Å². The second kappa shape index (κ2) is 11.1. The number of hydrogen-bond acceptors (Lipinski definition) is 6. The number of hydrogen-bond donors (Lipinski definition) is 1. The third-order valence-electron chi connectivity index (χ3n) is 5.61. The second-order valence-electron chi connectivity index (χ2n) is 9.78. The van der Waals surface area contributed by atoms with E-state index >= 15 is 0 Å². The first-order valence-corrected chi connectivity index (χ1v) is 12.3. The van der Waals surface area contributed by atoms with Gasteiger partial charge in [-0.05, 0) is 82.1 Å². The Morgan fingerprint density at radius 1 is 1.14 bits per heavy atom. The third kappa shape index (κ3) is 8.49. The van der Waals surface area contributed by atoms with Crippen LogP contribution in [0.2, 0.25) is 0 Å². The summed E-state index contributed by atoms with van der Waals surface area (Å²) in [5, 5.41) is 2.39. The molecule has 1 aromatic carbocycles. The summed E-state index contributed by atoms with van der Waals surface area (Å²) in [4.78, 5) is 30.0. The molecule has 1 N–H and O–H groups in total. The Morgan fingerprint density at radius 2 is 1.78 bits per heavy atom. The van der Waals surface area contributed by atoms with Gasteiger partial charge in [-0.25, -0.2) is 0 Å². The van der Waals surface area contributed by atoms with E-state index in [0.29, 0.717) is 36.9 Å². The van der Waals surface area contributed by atoms with Gasteiger partial charge in [-0.15, -0.1) is 0 Å². The number of nitrogens with one attached hydrogen (secondary N) is 1. The molecule has 0 aliphatic carbocycles. The van der Waals surface area contributed by atoms with Gasteiger partial charge in [0.25, 0.3) is 0 Å². The molecule has 6 nitrogen and oxygen atoms in total. The lowest BCUT2D eigenvalue weighted by molar-refractivity contribution is -0.153. The van der Waals surface area contributed by atoms with Crippen molar-refractivity contribution in [3.63, 3.8) is 0 Å². The van der Waals surface area contributed by atoms with E-state index in [4.69, 9.17) is 4.74 Å². The van der Waals surface area contributed by atoms with Crippen molar-refractivity contribution >= 4 is 28.8 Å². The van der Waals surface area contributed by atoms with Crippen molar-refractivity contribution < 1.29 is 40.7 Å². The van der Waals surface area contributed by atoms with E-state index in [1.807, 2.05) is 6.08 Å². The monoisotopic (exact) mass is 551 g/mol. The second-order valence-corrected chi connectivity index (χ2v) is 10.8. The Labute approximate surface area is 214 Å². The number of benzene rings is 1. The van der Waals surface area contributed by atoms with Gasteiger partial charge in [0.15, 0.2) is 0 Å². The van der Waals surface area contributed by atoms with Gasteiger partial charge in [0.05, 0.1) is 16.0 Å². The fourth-order valence-corrected chi connectivity index (χ4v) is 4.77. The summed E-state index contributed by atoms with van der Waals surface area (Å²) in [7, 11) is 0. The Kier molecular flexibility index (Phi) is 8.68. The highest BCUT2D eigenvalue weighted by Crippen LogP contribution is 2.38. The predicted octanol–water partition coefficient (Wildman–Crippen LogP) is 6.02. The first-order valence-electron chi connectivity index (χ1n) is 11.5. The molecule has 1 saturated heterocycles. The highest BCUT2D eigenvalue weighted by molar-refractivity contribution is 8.18. The van der Waals surface area contributed by atoms with Crippen LogP contribution < -0.4 is 5.32 Å². The van der Waals surface area contributed by atoms with Crippen LogP contribution in [0, 0.1) is 5.92 Å². The molecule has 2 aliphatic rings. The van der Waals surface area contributed by atoms with Crippen molar-refractivity contribution in [2.24, 2.45) is 10.9 Å². The Bertz CT molecular complexity index is 1080. The van der Waals surface area contributed by atoms with Crippen LogP contribution in [0.5, 0.6) is 0 Å². The van der Waals surface area contributed by atoms with Crippen LogP contribution in [0.4, 0.5) is 31.1 Å². The summed E-state index contributed by atoms with van der Waals surface area (Å²) in [5.74, 6) is -0.232. The Morgan fingerprint density at radius 3 is 2.35 bits per heavy atom. The van der Waals surface area contributed by atoms with E-state index in [1.54, 1.807) is 25.7 Å².